The maximum absolute atomic E-state index is 14.5. The molecule has 3 nitrogen and oxygen atoms in total. The molecule has 0 N–H and O–H groups in total. The molecule has 0 heterocycles. The van der Waals surface area contributed by atoms with Crippen LogP contribution in [0.1, 0.15) is 55.6 Å². The molecule has 0 aromatic heterocycles. The first kappa shape index (κ1) is 31.0. The monoisotopic (exact) mass is 590 g/mol. The zero-order valence-electron chi connectivity index (χ0n) is 26.8. The number of terminal acetylenes is 1. The second-order valence-electron chi connectivity index (χ2n) is 14.2. The highest BCUT2D eigenvalue weighted by Crippen LogP contribution is 2.61. The summed E-state index contributed by atoms with van der Waals surface area (Å²) in [6, 6.07) is 28.3. The van der Waals surface area contributed by atoms with Gasteiger partial charge in [0.15, 0.2) is 5.78 Å². The van der Waals surface area contributed by atoms with Gasteiger partial charge in [-0.05, 0) is 55.3 Å². The van der Waals surface area contributed by atoms with Crippen LogP contribution in [0, 0.1) is 41.4 Å². The fourth-order valence-corrected chi connectivity index (χ4v) is 10.6. The lowest BCUT2D eigenvalue weighted by molar-refractivity contribution is -0.0678. The van der Waals surface area contributed by atoms with Crippen molar-refractivity contribution in [1.29, 1.82) is 0 Å². The van der Waals surface area contributed by atoms with E-state index in [2.05, 4.69) is 120 Å². The van der Waals surface area contributed by atoms with E-state index in [1.54, 1.807) is 7.11 Å². The highest BCUT2D eigenvalue weighted by molar-refractivity contribution is 6.89. The van der Waals surface area contributed by atoms with Gasteiger partial charge >= 0.3 is 0 Å². The molecule has 3 aromatic rings. The smallest absolute Gasteiger partial charge is 0.167 e. The van der Waals surface area contributed by atoms with Crippen molar-refractivity contribution >= 4 is 19.0 Å². The zero-order valence-corrected chi connectivity index (χ0v) is 27.8. The second kappa shape index (κ2) is 11.9. The third-order valence-electron chi connectivity index (χ3n) is 10.1. The number of rotatable bonds is 9. The molecule has 0 aliphatic heterocycles. The molecule has 224 valence electrons. The van der Waals surface area contributed by atoms with Crippen molar-refractivity contribution in [2.75, 3.05) is 7.11 Å². The van der Waals surface area contributed by atoms with Crippen LogP contribution < -0.4 is 9.92 Å². The van der Waals surface area contributed by atoms with Crippen molar-refractivity contribution in [3.63, 3.8) is 0 Å². The molecule has 0 bridgehead atoms. The van der Waals surface area contributed by atoms with E-state index in [0.29, 0.717) is 6.61 Å². The van der Waals surface area contributed by atoms with Crippen LogP contribution in [0.4, 0.5) is 0 Å². The summed E-state index contributed by atoms with van der Waals surface area (Å²) in [6.45, 7) is 14.2. The van der Waals surface area contributed by atoms with Crippen LogP contribution in [0.25, 0.3) is 0 Å². The molecule has 0 amide bonds. The summed E-state index contributed by atoms with van der Waals surface area (Å²) in [4.78, 5) is 14.5. The van der Waals surface area contributed by atoms with E-state index in [1.807, 2.05) is 12.1 Å². The minimum atomic E-state index is -1.73. The Morgan fingerprint density at radius 1 is 0.953 bits per heavy atom. The number of methoxy groups -OCH3 is 1. The summed E-state index contributed by atoms with van der Waals surface area (Å²) >= 11 is 0. The largest absolute Gasteiger partial charge is 0.497 e. The summed E-state index contributed by atoms with van der Waals surface area (Å²) < 4.78 is 12.1. The first-order valence-corrected chi connectivity index (χ1v) is 18.7. The van der Waals surface area contributed by atoms with Gasteiger partial charge in [-0.3, -0.25) is 4.79 Å². The van der Waals surface area contributed by atoms with E-state index in [9.17, 15) is 4.79 Å². The Morgan fingerprint density at radius 2 is 1.60 bits per heavy atom. The molecule has 4 heteroatoms. The molecule has 43 heavy (non-hydrogen) atoms. The number of hydrogen-bond donors (Lipinski definition) is 0. The van der Waals surface area contributed by atoms with E-state index in [-0.39, 0.29) is 34.9 Å². The summed E-state index contributed by atoms with van der Waals surface area (Å²) in [5.41, 5.74) is 3.80. The highest BCUT2D eigenvalue weighted by Gasteiger charge is 2.61. The van der Waals surface area contributed by atoms with Crippen molar-refractivity contribution in [3.8, 4) is 18.1 Å². The van der Waals surface area contributed by atoms with E-state index in [0.717, 1.165) is 34.9 Å². The number of Topliss-reactive ketones (excluding diaryl/α,β-unsaturated/α-hetero) is 1. The molecule has 2 aliphatic carbocycles. The van der Waals surface area contributed by atoms with Gasteiger partial charge in [-0.15, -0.1) is 6.42 Å². The quantitative estimate of drug-likeness (QED) is 0.110. The summed E-state index contributed by atoms with van der Waals surface area (Å²) in [7, 11) is -0.0556. The van der Waals surface area contributed by atoms with Crippen LogP contribution in [-0.4, -0.2) is 26.6 Å². The van der Waals surface area contributed by atoms with E-state index in [4.69, 9.17) is 15.9 Å². The number of fused-ring (bicyclic) bond motifs is 1. The van der Waals surface area contributed by atoms with Gasteiger partial charge in [0.2, 0.25) is 0 Å². The van der Waals surface area contributed by atoms with Gasteiger partial charge in [0, 0.05) is 17.4 Å². The molecule has 1 saturated carbocycles. The maximum atomic E-state index is 14.5. The van der Waals surface area contributed by atoms with Crippen LogP contribution in [-0.2, 0) is 17.4 Å². The molecule has 1 unspecified atom stereocenters. The zero-order chi connectivity index (χ0) is 31.0. The van der Waals surface area contributed by atoms with Gasteiger partial charge in [-0.1, -0.05) is 122 Å². The Labute approximate surface area is 259 Å². The molecule has 2 aliphatic rings. The van der Waals surface area contributed by atoms with Crippen molar-refractivity contribution < 1.29 is 14.3 Å². The standard InChI is InChI=1S/C39H46O3Si/c1-9-33-27(2)23-34-36(38(3,4)26-39(34,5)42-24-28-15-19-31(41-6)20-16-28)35(33)37(40)30-17-21-32(22-18-30)43(7,8)25-29-13-11-10-12-14-29/h1,10-23,33-36H,24-26H2,2-8H3/t33?,34-,35+,36+,39-/m1/s1. The average Bonchev–Trinajstić information content (AvgIpc) is 3.19. The molecule has 5 rings (SSSR count). The van der Waals surface area contributed by atoms with Crippen molar-refractivity contribution in [2.45, 2.75) is 65.5 Å². The van der Waals surface area contributed by atoms with E-state index in [1.165, 1.54) is 10.8 Å². The van der Waals surface area contributed by atoms with Gasteiger partial charge in [-0.2, -0.15) is 0 Å². The van der Waals surface area contributed by atoms with Crippen molar-refractivity contribution in [3.05, 3.63) is 107 Å². The molecular formula is C39H46O3Si. The Balaban J connectivity index is 1.41. The van der Waals surface area contributed by atoms with Crippen molar-refractivity contribution in [1.82, 2.24) is 0 Å². The third-order valence-corrected chi connectivity index (χ3v) is 13.3. The Bertz CT molecular complexity index is 1510. The maximum Gasteiger partial charge on any atom is 0.167 e. The summed E-state index contributed by atoms with van der Waals surface area (Å²) in [6.07, 6.45) is 9.35. The second-order valence-corrected chi connectivity index (χ2v) is 18.9. The van der Waals surface area contributed by atoms with Gasteiger partial charge in [0.05, 0.1) is 33.3 Å². The van der Waals surface area contributed by atoms with Crippen LogP contribution in [0.5, 0.6) is 5.75 Å². The number of ketones is 1. The fourth-order valence-electron chi connectivity index (χ4n) is 8.03. The normalized spacial score (nSPS) is 26.2. The topological polar surface area (TPSA) is 35.5 Å². The lowest BCUT2D eigenvalue weighted by Crippen LogP contribution is -2.45. The highest BCUT2D eigenvalue weighted by atomic mass is 28.3. The molecular weight excluding hydrogens is 545 g/mol. The molecule has 5 atom stereocenters. The van der Waals surface area contributed by atoms with Gasteiger partial charge in [-0.25, -0.2) is 0 Å². The van der Waals surface area contributed by atoms with Gasteiger partial charge in [0.25, 0.3) is 0 Å². The summed E-state index contributed by atoms with van der Waals surface area (Å²) in [5, 5.41) is 1.36. The van der Waals surface area contributed by atoms with Crippen LogP contribution in [0.2, 0.25) is 13.1 Å². The Kier molecular flexibility index (Phi) is 8.62. The Hall–Kier alpha value is -3.39. The third kappa shape index (κ3) is 6.17. The van der Waals surface area contributed by atoms with Gasteiger partial charge < -0.3 is 9.47 Å². The van der Waals surface area contributed by atoms with Crippen LogP contribution in [0.15, 0.2) is 90.5 Å². The molecule has 0 saturated heterocycles. The first-order chi connectivity index (χ1) is 20.4. The van der Waals surface area contributed by atoms with Crippen LogP contribution in [0.3, 0.4) is 0 Å². The minimum Gasteiger partial charge on any atom is -0.497 e. The SMILES string of the molecule is C#CC1C(C)=C[C@@H]2[C@@H]([C@H]1C(=O)c1ccc([Si](C)(C)Cc3ccccc3)cc1)C(C)(C)C[C@@]2(C)OCc1ccc(OC)cc1. The molecule has 0 spiro atoms. The summed E-state index contributed by atoms with van der Waals surface area (Å²) in [5.74, 6) is 3.68. The number of carbonyl (C=O) groups excluding carboxylic acids is 1. The predicted molar refractivity (Wildman–Crippen MR) is 179 cm³/mol. The minimum absolute atomic E-state index is 0.0780. The number of allylic oxidation sites excluding steroid dienone is 1. The average molecular weight is 591 g/mol. The van der Waals surface area contributed by atoms with E-state index >= 15 is 0 Å². The number of benzene rings is 3. The first-order valence-electron chi connectivity index (χ1n) is 15.5. The van der Waals surface area contributed by atoms with Gasteiger partial charge in [0.1, 0.15) is 5.75 Å². The predicted octanol–water partition coefficient (Wildman–Crippen LogP) is 8.04. The molecule has 3 aromatic carbocycles. The van der Waals surface area contributed by atoms with Crippen LogP contribution >= 0.6 is 0 Å². The number of carbonyl (C=O) groups is 1. The number of hydrogen-bond acceptors (Lipinski definition) is 3. The fraction of sp³-hybridized carbons (Fsp3) is 0.410. The molecule has 1 fully saturated rings. The van der Waals surface area contributed by atoms with Crippen molar-refractivity contribution in [2.24, 2.45) is 29.1 Å². The van der Waals surface area contributed by atoms with E-state index < -0.39 is 13.7 Å². The Morgan fingerprint density at radius 3 is 2.21 bits per heavy atom. The lowest BCUT2D eigenvalue weighted by Gasteiger charge is -2.43. The molecule has 0 radical (unpaired) electrons. The lowest BCUT2D eigenvalue weighted by atomic mass is 9.60. The number of ether oxygens (including phenoxy) is 2.